The van der Waals surface area contributed by atoms with E-state index in [1.807, 2.05) is 6.26 Å². The lowest BCUT2D eigenvalue weighted by atomic mass is 10.3. The van der Waals surface area contributed by atoms with Crippen LogP contribution in [0.4, 0.5) is 11.6 Å². The summed E-state index contributed by atoms with van der Waals surface area (Å²) in [4.78, 5) is 13.7. The molecule has 1 N–H and O–H groups in total. The SMILES string of the molecule is CCCNc1cc(N(CC)CCCN(C)C)nc(SC)n1. The Morgan fingerprint density at radius 1 is 1.19 bits per heavy atom. The second kappa shape index (κ2) is 9.84. The van der Waals surface area contributed by atoms with Crippen molar-refractivity contribution in [2.45, 2.75) is 31.8 Å². The molecule has 0 saturated carbocycles. The number of aromatic nitrogens is 2. The van der Waals surface area contributed by atoms with Gasteiger partial charge in [0.15, 0.2) is 5.16 Å². The van der Waals surface area contributed by atoms with Crippen molar-refractivity contribution in [2.75, 3.05) is 56.7 Å². The first-order valence-corrected chi connectivity index (χ1v) is 8.89. The molecule has 0 radical (unpaired) electrons. The van der Waals surface area contributed by atoms with Crippen LogP contribution in [0.3, 0.4) is 0 Å². The van der Waals surface area contributed by atoms with Gasteiger partial charge in [-0.3, -0.25) is 0 Å². The van der Waals surface area contributed by atoms with Crippen LogP contribution >= 0.6 is 11.8 Å². The number of thioether (sulfide) groups is 1. The second-order valence-corrected chi connectivity index (χ2v) is 6.03. The molecule has 0 spiro atoms. The zero-order valence-electron chi connectivity index (χ0n) is 14.0. The van der Waals surface area contributed by atoms with E-state index in [1.54, 1.807) is 11.8 Å². The van der Waals surface area contributed by atoms with Crippen molar-refractivity contribution in [3.8, 4) is 0 Å². The van der Waals surface area contributed by atoms with Gasteiger partial charge < -0.3 is 15.1 Å². The lowest BCUT2D eigenvalue weighted by Crippen LogP contribution is -2.28. The molecule has 0 amide bonds. The molecule has 1 rings (SSSR count). The van der Waals surface area contributed by atoms with Gasteiger partial charge in [-0.1, -0.05) is 18.7 Å². The minimum absolute atomic E-state index is 0.831. The number of nitrogens with zero attached hydrogens (tertiary/aromatic N) is 4. The molecule has 1 aromatic rings. The van der Waals surface area contributed by atoms with Gasteiger partial charge in [0.1, 0.15) is 11.6 Å². The van der Waals surface area contributed by atoms with Crippen molar-refractivity contribution in [1.29, 1.82) is 0 Å². The molecule has 0 aliphatic rings. The number of hydrogen-bond acceptors (Lipinski definition) is 6. The molecule has 1 heterocycles. The molecule has 0 unspecified atom stereocenters. The van der Waals surface area contributed by atoms with Crippen molar-refractivity contribution in [2.24, 2.45) is 0 Å². The van der Waals surface area contributed by atoms with Crippen LogP contribution in [-0.2, 0) is 0 Å². The lowest BCUT2D eigenvalue weighted by Gasteiger charge is -2.23. The average Bonchev–Trinajstić information content (AvgIpc) is 2.48. The van der Waals surface area contributed by atoms with Crippen molar-refractivity contribution < 1.29 is 0 Å². The molecular formula is C15H29N5S. The van der Waals surface area contributed by atoms with Gasteiger partial charge in [-0.2, -0.15) is 0 Å². The summed E-state index contributed by atoms with van der Waals surface area (Å²) in [6.07, 6.45) is 4.25. The van der Waals surface area contributed by atoms with E-state index < -0.39 is 0 Å². The fraction of sp³-hybridized carbons (Fsp3) is 0.733. The molecule has 5 nitrogen and oxygen atoms in total. The van der Waals surface area contributed by atoms with Gasteiger partial charge in [0.25, 0.3) is 0 Å². The fourth-order valence-corrected chi connectivity index (χ4v) is 2.40. The van der Waals surface area contributed by atoms with E-state index in [0.717, 1.165) is 55.8 Å². The molecule has 0 bridgehead atoms. The van der Waals surface area contributed by atoms with Crippen LogP contribution in [0, 0.1) is 0 Å². The minimum Gasteiger partial charge on any atom is -0.370 e. The van der Waals surface area contributed by atoms with Crippen LogP contribution in [-0.4, -0.2) is 61.4 Å². The Kier molecular flexibility index (Phi) is 8.45. The summed E-state index contributed by atoms with van der Waals surface area (Å²) in [5.74, 6) is 1.95. The monoisotopic (exact) mass is 311 g/mol. The Bertz CT molecular complexity index is 411. The van der Waals surface area contributed by atoms with E-state index in [9.17, 15) is 0 Å². The number of anilines is 2. The van der Waals surface area contributed by atoms with Gasteiger partial charge in [-0.15, -0.1) is 0 Å². The summed E-state index contributed by atoms with van der Waals surface area (Å²) in [5, 5.41) is 4.19. The Morgan fingerprint density at radius 3 is 2.52 bits per heavy atom. The first kappa shape index (κ1) is 18.0. The van der Waals surface area contributed by atoms with E-state index >= 15 is 0 Å². The molecule has 0 aromatic carbocycles. The Hall–Kier alpha value is -1.01. The maximum Gasteiger partial charge on any atom is 0.191 e. The quantitative estimate of drug-likeness (QED) is 0.529. The number of hydrogen-bond donors (Lipinski definition) is 1. The van der Waals surface area contributed by atoms with Crippen LogP contribution in [0.25, 0.3) is 0 Å². The summed E-state index contributed by atoms with van der Waals surface area (Å²) in [6.45, 7) is 8.35. The van der Waals surface area contributed by atoms with Crippen LogP contribution in [0.1, 0.15) is 26.7 Å². The third-order valence-corrected chi connectivity index (χ3v) is 3.72. The second-order valence-electron chi connectivity index (χ2n) is 5.26. The molecule has 0 atom stereocenters. The maximum atomic E-state index is 4.65. The van der Waals surface area contributed by atoms with Crippen LogP contribution in [0.15, 0.2) is 11.2 Å². The van der Waals surface area contributed by atoms with Gasteiger partial charge in [0.2, 0.25) is 0 Å². The standard InChI is InChI=1S/C15H29N5S/c1-6-9-16-13-12-14(18-15(17-13)21-5)20(7-2)11-8-10-19(3)4/h12H,6-11H2,1-5H3,(H,16,17,18). The van der Waals surface area contributed by atoms with E-state index in [0.29, 0.717) is 0 Å². The lowest BCUT2D eigenvalue weighted by molar-refractivity contribution is 0.400. The van der Waals surface area contributed by atoms with Crippen LogP contribution in [0.2, 0.25) is 0 Å². The Labute approximate surface area is 133 Å². The third kappa shape index (κ3) is 6.52. The highest BCUT2D eigenvalue weighted by Crippen LogP contribution is 2.20. The first-order valence-electron chi connectivity index (χ1n) is 7.67. The van der Waals surface area contributed by atoms with Gasteiger partial charge in [0.05, 0.1) is 0 Å². The van der Waals surface area contributed by atoms with Gasteiger partial charge in [-0.05, 0) is 46.7 Å². The topological polar surface area (TPSA) is 44.3 Å². The van der Waals surface area contributed by atoms with Crippen LogP contribution < -0.4 is 10.2 Å². The molecule has 6 heteroatoms. The van der Waals surface area contributed by atoms with Crippen LogP contribution in [0.5, 0.6) is 0 Å². The minimum atomic E-state index is 0.831. The summed E-state index contributed by atoms with van der Waals surface area (Å²) < 4.78 is 0. The van der Waals surface area contributed by atoms with E-state index in [2.05, 4.69) is 59.1 Å². The highest BCUT2D eigenvalue weighted by Gasteiger charge is 2.10. The predicted molar refractivity (Wildman–Crippen MR) is 93.7 cm³/mol. The van der Waals surface area contributed by atoms with E-state index in [1.165, 1.54) is 0 Å². The molecular weight excluding hydrogens is 282 g/mol. The molecule has 120 valence electrons. The van der Waals surface area contributed by atoms with Gasteiger partial charge in [0, 0.05) is 25.7 Å². The van der Waals surface area contributed by atoms with Crippen molar-refractivity contribution in [3.63, 3.8) is 0 Å². The predicted octanol–water partition coefficient (Wildman–Crippen LogP) is 2.80. The smallest absolute Gasteiger partial charge is 0.191 e. The zero-order valence-corrected chi connectivity index (χ0v) is 14.8. The van der Waals surface area contributed by atoms with Gasteiger partial charge in [-0.25, -0.2) is 9.97 Å². The first-order chi connectivity index (χ1) is 10.1. The fourth-order valence-electron chi connectivity index (χ4n) is 2.02. The Morgan fingerprint density at radius 2 is 1.95 bits per heavy atom. The van der Waals surface area contributed by atoms with Crippen molar-refractivity contribution in [3.05, 3.63) is 6.07 Å². The summed E-state index contributed by atoms with van der Waals surface area (Å²) >= 11 is 1.59. The number of rotatable bonds is 10. The van der Waals surface area contributed by atoms with Gasteiger partial charge >= 0.3 is 0 Å². The summed E-state index contributed by atoms with van der Waals surface area (Å²) in [6, 6.07) is 2.06. The Balaban J connectivity index is 2.80. The van der Waals surface area contributed by atoms with E-state index in [-0.39, 0.29) is 0 Å². The third-order valence-electron chi connectivity index (χ3n) is 3.17. The molecule has 0 saturated heterocycles. The molecule has 0 aliphatic carbocycles. The number of nitrogens with one attached hydrogen (secondary N) is 1. The molecule has 0 aliphatic heterocycles. The zero-order chi connectivity index (χ0) is 15.7. The highest BCUT2D eigenvalue weighted by atomic mass is 32.2. The van der Waals surface area contributed by atoms with E-state index in [4.69, 9.17) is 0 Å². The normalized spacial score (nSPS) is 11.0. The summed E-state index contributed by atoms with van der Waals surface area (Å²) in [7, 11) is 4.22. The molecule has 21 heavy (non-hydrogen) atoms. The van der Waals surface area contributed by atoms with Crippen molar-refractivity contribution >= 4 is 23.4 Å². The highest BCUT2D eigenvalue weighted by molar-refractivity contribution is 7.98. The maximum absolute atomic E-state index is 4.65. The van der Waals surface area contributed by atoms with Crippen molar-refractivity contribution in [1.82, 2.24) is 14.9 Å². The average molecular weight is 311 g/mol. The summed E-state index contributed by atoms with van der Waals surface area (Å²) in [5.41, 5.74) is 0. The largest absolute Gasteiger partial charge is 0.370 e. The molecule has 0 fully saturated rings. The molecule has 1 aromatic heterocycles.